The topological polar surface area (TPSA) is 47.0 Å². The molecule has 1 fully saturated rings. The Morgan fingerprint density at radius 2 is 1.86 bits per heavy atom. The van der Waals surface area contributed by atoms with Crippen LogP contribution in [-0.4, -0.2) is 22.6 Å². The van der Waals surface area contributed by atoms with Gasteiger partial charge in [0.15, 0.2) is 0 Å². The number of benzene rings is 1. The van der Waals surface area contributed by atoms with Crippen LogP contribution >= 0.6 is 0 Å². The van der Waals surface area contributed by atoms with E-state index in [2.05, 4.69) is 46.5 Å². The van der Waals surface area contributed by atoms with Gasteiger partial charge in [-0.2, -0.15) is 0 Å². The van der Waals surface area contributed by atoms with Gasteiger partial charge >= 0.3 is 0 Å². The largest absolute Gasteiger partial charge is 0.373 e. The van der Waals surface area contributed by atoms with E-state index in [1.807, 2.05) is 19.9 Å². The summed E-state index contributed by atoms with van der Waals surface area (Å²) in [4.78, 5) is 8.98. The summed E-state index contributed by atoms with van der Waals surface area (Å²) < 4.78 is 5.94. The Kier molecular flexibility index (Phi) is 4.39. The molecule has 0 bridgehead atoms. The first-order valence-corrected chi connectivity index (χ1v) is 7.88. The van der Waals surface area contributed by atoms with E-state index < -0.39 is 0 Å². The third kappa shape index (κ3) is 3.28. The first-order chi connectivity index (χ1) is 10.6. The molecule has 2 unspecified atom stereocenters. The molecule has 2 aromatic rings. The minimum Gasteiger partial charge on any atom is -0.373 e. The first kappa shape index (κ1) is 15.0. The van der Waals surface area contributed by atoms with Gasteiger partial charge in [-0.15, -0.1) is 0 Å². The molecule has 1 aliphatic rings. The highest BCUT2D eigenvalue weighted by atomic mass is 16.5. The summed E-state index contributed by atoms with van der Waals surface area (Å²) in [5.41, 5.74) is 3.43. The van der Waals surface area contributed by atoms with Gasteiger partial charge in [0.25, 0.3) is 0 Å². The van der Waals surface area contributed by atoms with Gasteiger partial charge in [-0.05, 0) is 39.2 Å². The fourth-order valence-electron chi connectivity index (χ4n) is 2.93. The molecule has 0 amide bonds. The highest BCUT2D eigenvalue weighted by Crippen LogP contribution is 2.30. The number of hydrogen-bond donors (Lipinski definition) is 1. The van der Waals surface area contributed by atoms with Crippen molar-refractivity contribution in [3.05, 3.63) is 53.0 Å². The molecule has 1 aromatic heterocycles. The number of anilines is 1. The van der Waals surface area contributed by atoms with Gasteiger partial charge < -0.3 is 10.1 Å². The number of ether oxygens (including phenoxy) is 1. The van der Waals surface area contributed by atoms with E-state index in [4.69, 9.17) is 4.74 Å². The lowest BCUT2D eigenvalue weighted by atomic mass is 9.97. The summed E-state index contributed by atoms with van der Waals surface area (Å²) in [6, 6.07) is 10.8. The van der Waals surface area contributed by atoms with Crippen molar-refractivity contribution in [3.63, 3.8) is 0 Å². The minimum absolute atomic E-state index is 0.164. The molecular formula is C18H23N3O. The van der Waals surface area contributed by atoms with E-state index in [1.54, 1.807) is 0 Å². The molecule has 1 aromatic carbocycles. The molecule has 22 heavy (non-hydrogen) atoms. The molecule has 2 heterocycles. The van der Waals surface area contributed by atoms with E-state index in [0.717, 1.165) is 42.3 Å². The van der Waals surface area contributed by atoms with Crippen LogP contribution in [0.1, 0.15) is 41.6 Å². The molecule has 0 aliphatic carbocycles. The maximum atomic E-state index is 5.94. The SMILES string of the molecule is Cc1nc(C)c(C)c(NC2CCOC(c3ccccc3)C2)n1. The third-order valence-corrected chi connectivity index (χ3v) is 4.30. The van der Waals surface area contributed by atoms with Crippen molar-refractivity contribution in [1.82, 2.24) is 9.97 Å². The Labute approximate surface area is 132 Å². The fraction of sp³-hybridized carbons (Fsp3) is 0.444. The smallest absolute Gasteiger partial charge is 0.133 e. The maximum Gasteiger partial charge on any atom is 0.133 e. The number of rotatable bonds is 3. The van der Waals surface area contributed by atoms with Gasteiger partial charge in [0.2, 0.25) is 0 Å². The summed E-state index contributed by atoms with van der Waals surface area (Å²) in [5.74, 6) is 1.78. The quantitative estimate of drug-likeness (QED) is 0.937. The molecule has 0 radical (unpaired) electrons. The lowest BCUT2D eigenvalue weighted by molar-refractivity contribution is 0.00973. The van der Waals surface area contributed by atoms with Crippen molar-refractivity contribution < 1.29 is 4.74 Å². The number of nitrogens with one attached hydrogen (secondary N) is 1. The monoisotopic (exact) mass is 297 g/mol. The minimum atomic E-state index is 0.164. The van der Waals surface area contributed by atoms with Crippen LogP contribution in [0.3, 0.4) is 0 Å². The predicted octanol–water partition coefficient (Wildman–Crippen LogP) is 3.73. The molecule has 1 aliphatic heterocycles. The average Bonchev–Trinajstić information content (AvgIpc) is 2.53. The molecule has 0 saturated carbocycles. The summed E-state index contributed by atoms with van der Waals surface area (Å²) in [7, 11) is 0. The first-order valence-electron chi connectivity index (χ1n) is 7.88. The fourth-order valence-corrected chi connectivity index (χ4v) is 2.93. The van der Waals surface area contributed by atoms with E-state index in [-0.39, 0.29) is 6.10 Å². The lowest BCUT2D eigenvalue weighted by Gasteiger charge is -2.31. The van der Waals surface area contributed by atoms with E-state index in [0.29, 0.717) is 6.04 Å². The van der Waals surface area contributed by atoms with Gasteiger partial charge in [-0.1, -0.05) is 30.3 Å². The summed E-state index contributed by atoms with van der Waals surface area (Å²) >= 11 is 0. The molecule has 4 heteroatoms. The molecule has 3 rings (SSSR count). The van der Waals surface area contributed by atoms with Crippen LogP contribution in [0.5, 0.6) is 0 Å². The van der Waals surface area contributed by atoms with Gasteiger partial charge in [0, 0.05) is 23.9 Å². The zero-order chi connectivity index (χ0) is 15.5. The Hall–Kier alpha value is -1.94. The molecule has 1 N–H and O–H groups in total. The van der Waals surface area contributed by atoms with Crippen LogP contribution in [0.2, 0.25) is 0 Å². The van der Waals surface area contributed by atoms with Crippen molar-refractivity contribution in [2.45, 2.75) is 45.8 Å². The standard InChI is InChI=1S/C18H23N3O/c1-12-13(2)19-14(3)20-18(12)21-16-9-10-22-17(11-16)15-7-5-4-6-8-15/h4-8,16-17H,9-11H2,1-3H3,(H,19,20,21). The zero-order valence-electron chi connectivity index (χ0n) is 13.5. The van der Waals surface area contributed by atoms with Crippen molar-refractivity contribution in [2.75, 3.05) is 11.9 Å². The lowest BCUT2D eigenvalue weighted by Crippen LogP contribution is -2.31. The normalized spacial score (nSPS) is 21.6. The molecule has 0 spiro atoms. The number of nitrogens with zero attached hydrogens (tertiary/aromatic N) is 2. The van der Waals surface area contributed by atoms with Crippen molar-refractivity contribution in [2.24, 2.45) is 0 Å². The van der Waals surface area contributed by atoms with Gasteiger partial charge in [-0.3, -0.25) is 0 Å². The van der Waals surface area contributed by atoms with E-state index >= 15 is 0 Å². The Morgan fingerprint density at radius 3 is 2.64 bits per heavy atom. The van der Waals surface area contributed by atoms with Crippen LogP contribution in [-0.2, 0) is 4.74 Å². The molecule has 4 nitrogen and oxygen atoms in total. The van der Waals surface area contributed by atoms with Crippen LogP contribution < -0.4 is 5.32 Å². The second-order valence-corrected chi connectivity index (χ2v) is 5.97. The van der Waals surface area contributed by atoms with Crippen LogP contribution in [0.4, 0.5) is 5.82 Å². The molecule has 116 valence electrons. The second kappa shape index (κ2) is 6.44. The average molecular weight is 297 g/mol. The predicted molar refractivity (Wildman–Crippen MR) is 88.0 cm³/mol. The maximum absolute atomic E-state index is 5.94. The summed E-state index contributed by atoms with van der Waals surface area (Å²) in [6.07, 6.45) is 2.13. The molecular weight excluding hydrogens is 274 g/mol. The molecule has 2 atom stereocenters. The Bertz CT molecular complexity index is 642. The van der Waals surface area contributed by atoms with Crippen LogP contribution in [0.25, 0.3) is 0 Å². The second-order valence-electron chi connectivity index (χ2n) is 5.97. The van der Waals surface area contributed by atoms with Crippen LogP contribution in [0.15, 0.2) is 30.3 Å². The zero-order valence-corrected chi connectivity index (χ0v) is 13.5. The number of aromatic nitrogens is 2. The Balaban J connectivity index is 1.73. The number of hydrogen-bond acceptors (Lipinski definition) is 4. The highest BCUT2D eigenvalue weighted by molar-refractivity contribution is 5.46. The van der Waals surface area contributed by atoms with Gasteiger partial charge in [0.1, 0.15) is 11.6 Å². The van der Waals surface area contributed by atoms with E-state index in [1.165, 1.54) is 5.56 Å². The Morgan fingerprint density at radius 1 is 1.09 bits per heavy atom. The van der Waals surface area contributed by atoms with Crippen molar-refractivity contribution >= 4 is 5.82 Å². The van der Waals surface area contributed by atoms with Crippen LogP contribution in [0, 0.1) is 20.8 Å². The highest BCUT2D eigenvalue weighted by Gasteiger charge is 2.24. The molecule has 1 saturated heterocycles. The summed E-state index contributed by atoms with van der Waals surface area (Å²) in [6.45, 7) is 6.82. The van der Waals surface area contributed by atoms with Crippen molar-refractivity contribution in [3.8, 4) is 0 Å². The van der Waals surface area contributed by atoms with Crippen molar-refractivity contribution in [1.29, 1.82) is 0 Å². The third-order valence-electron chi connectivity index (χ3n) is 4.30. The summed E-state index contributed by atoms with van der Waals surface area (Å²) in [5, 5.41) is 3.60. The van der Waals surface area contributed by atoms with Gasteiger partial charge in [-0.25, -0.2) is 9.97 Å². The van der Waals surface area contributed by atoms with E-state index in [9.17, 15) is 0 Å². The van der Waals surface area contributed by atoms with Gasteiger partial charge in [0.05, 0.1) is 6.10 Å². The number of aryl methyl sites for hydroxylation is 2.